The second-order valence-corrected chi connectivity index (χ2v) is 9.95. The maximum absolute atomic E-state index is 13.0. The fraction of sp³-hybridized carbons (Fsp3) is 0.667. The van der Waals surface area contributed by atoms with Crippen molar-refractivity contribution in [2.24, 2.45) is 5.92 Å². The second kappa shape index (κ2) is 10.5. The van der Waals surface area contributed by atoms with Crippen LogP contribution in [0.3, 0.4) is 0 Å². The minimum absolute atomic E-state index is 0.0791. The molecule has 0 bridgehead atoms. The average Bonchev–Trinajstić information content (AvgIpc) is 2.79. The molecule has 2 heterocycles. The molecule has 0 spiro atoms. The Bertz CT molecular complexity index is 801. The van der Waals surface area contributed by atoms with Crippen LogP contribution in [-0.4, -0.2) is 88.9 Å². The van der Waals surface area contributed by atoms with E-state index in [0.29, 0.717) is 52.2 Å². The van der Waals surface area contributed by atoms with Gasteiger partial charge in [-0.1, -0.05) is 12.1 Å². The van der Waals surface area contributed by atoms with Crippen LogP contribution in [0.4, 0.5) is 5.69 Å². The van der Waals surface area contributed by atoms with Gasteiger partial charge in [0.05, 0.1) is 18.0 Å². The number of anilines is 1. The quantitative estimate of drug-likeness (QED) is 0.570. The van der Waals surface area contributed by atoms with Crippen LogP contribution in [-0.2, 0) is 19.6 Å². The number of ether oxygens (including phenoxy) is 2. The van der Waals surface area contributed by atoms with Gasteiger partial charge >= 0.3 is 0 Å². The number of sulfonamides is 1. The molecule has 0 aromatic heterocycles. The van der Waals surface area contributed by atoms with Crippen LogP contribution in [0.2, 0.25) is 0 Å². The molecule has 2 aliphatic heterocycles. The summed E-state index contributed by atoms with van der Waals surface area (Å²) in [4.78, 5) is 17.1. The monoisotopic (exact) mass is 439 g/mol. The highest BCUT2D eigenvalue weighted by molar-refractivity contribution is 7.89. The summed E-state index contributed by atoms with van der Waals surface area (Å²) in [6.45, 7) is 6.41. The summed E-state index contributed by atoms with van der Waals surface area (Å²) in [5.41, 5.74) is 1.04. The van der Waals surface area contributed by atoms with Gasteiger partial charge < -0.3 is 19.3 Å². The smallest absolute Gasteiger partial charge is 0.225 e. The highest BCUT2D eigenvalue weighted by atomic mass is 32.2. The Kier molecular flexibility index (Phi) is 7.96. The van der Waals surface area contributed by atoms with Crippen molar-refractivity contribution < 1.29 is 22.7 Å². The first-order valence-electron chi connectivity index (χ1n) is 10.7. The number of nitrogens with zero attached hydrogens (tertiary/aromatic N) is 3. The zero-order chi connectivity index (χ0) is 21.6. The number of piperazine rings is 1. The number of rotatable bonds is 8. The van der Waals surface area contributed by atoms with E-state index in [4.69, 9.17) is 9.47 Å². The summed E-state index contributed by atoms with van der Waals surface area (Å²) in [6, 6.07) is 7.95. The number of para-hydroxylation sites is 2. The standard InChI is InChI=1S/C21H33N3O5S/c1-3-30(26,27)24-10-8-18(9-11-24)21(25)23-14-12-22(13-15-23)19-6-4-5-7-20(19)29-17-16-28-2/h4-7,18H,3,8-17H2,1-2H3. The molecule has 8 nitrogen and oxygen atoms in total. The number of methoxy groups -OCH3 is 1. The van der Waals surface area contributed by atoms with Crippen LogP contribution in [0.1, 0.15) is 19.8 Å². The predicted octanol–water partition coefficient (Wildman–Crippen LogP) is 1.42. The molecule has 2 fully saturated rings. The summed E-state index contributed by atoms with van der Waals surface area (Å²) in [5, 5.41) is 0. The lowest BCUT2D eigenvalue weighted by atomic mass is 9.96. The van der Waals surface area contributed by atoms with Gasteiger partial charge in [-0.2, -0.15) is 0 Å². The summed E-state index contributed by atoms with van der Waals surface area (Å²) >= 11 is 0. The predicted molar refractivity (Wildman–Crippen MR) is 116 cm³/mol. The summed E-state index contributed by atoms with van der Waals surface area (Å²) in [7, 11) is -1.51. The molecule has 0 atom stereocenters. The van der Waals surface area contributed by atoms with Crippen molar-refractivity contribution in [1.29, 1.82) is 0 Å². The fourth-order valence-corrected chi connectivity index (χ4v) is 5.20. The van der Waals surface area contributed by atoms with Crippen LogP contribution in [0.5, 0.6) is 5.75 Å². The maximum Gasteiger partial charge on any atom is 0.225 e. The van der Waals surface area contributed by atoms with Gasteiger partial charge in [0.25, 0.3) is 0 Å². The van der Waals surface area contributed by atoms with E-state index in [1.165, 1.54) is 4.31 Å². The Morgan fingerprint density at radius 1 is 1.03 bits per heavy atom. The Balaban J connectivity index is 1.52. The largest absolute Gasteiger partial charge is 0.489 e. The molecule has 0 aliphatic carbocycles. The fourth-order valence-electron chi connectivity index (χ4n) is 4.06. The van der Waals surface area contributed by atoms with Gasteiger partial charge in [-0.05, 0) is 31.9 Å². The lowest BCUT2D eigenvalue weighted by molar-refractivity contribution is -0.137. The van der Waals surface area contributed by atoms with E-state index in [1.54, 1.807) is 14.0 Å². The molecule has 30 heavy (non-hydrogen) atoms. The number of piperidine rings is 1. The van der Waals surface area contributed by atoms with E-state index >= 15 is 0 Å². The number of amides is 1. The van der Waals surface area contributed by atoms with Crippen molar-refractivity contribution in [3.8, 4) is 5.75 Å². The maximum atomic E-state index is 13.0. The van der Waals surface area contributed by atoms with Gasteiger partial charge in [-0.3, -0.25) is 4.79 Å². The minimum Gasteiger partial charge on any atom is -0.489 e. The van der Waals surface area contributed by atoms with Gasteiger partial charge in [0, 0.05) is 52.3 Å². The van der Waals surface area contributed by atoms with Crippen LogP contribution in [0.25, 0.3) is 0 Å². The number of carbonyl (C=O) groups is 1. The summed E-state index contributed by atoms with van der Waals surface area (Å²) < 4.78 is 36.5. The van der Waals surface area contributed by atoms with E-state index in [-0.39, 0.29) is 17.6 Å². The molecule has 0 unspecified atom stereocenters. The molecule has 0 radical (unpaired) electrons. The van der Waals surface area contributed by atoms with Gasteiger partial charge in [0.15, 0.2) is 0 Å². The Morgan fingerprint density at radius 3 is 2.33 bits per heavy atom. The zero-order valence-corrected chi connectivity index (χ0v) is 18.8. The van der Waals surface area contributed by atoms with Gasteiger partial charge in [-0.15, -0.1) is 0 Å². The zero-order valence-electron chi connectivity index (χ0n) is 18.0. The first-order valence-corrected chi connectivity index (χ1v) is 12.3. The van der Waals surface area contributed by atoms with Crippen molar-refractivity contribution in [3.05, 3.63) is 24.3 Å². The van der Waals surface area contributed by atoms with Crippen LogP contribution >= 0.6 is 0 Å². The molecular weight excluding hydrogens is 406 g/mol. The molecule has 0 N–H and O–H groups in total. The molecule has 0 saturated carbocycles. The molecule has 2 aliphatic rings. The molecule has 168 valence electrons. The normalized spacial score (nSPS) is 19.1. The topological polar surface area (TPSA) is 79.4 Å². The van der Waals surface area contributed by atoms with E-state index in [9.17, 15) is 13.2 Å². The lowest BCUT2D eigenvalue weighted by Crippen LogP contribution is -2.52. The molecule has 2 saturated heterocycles. The van der Waals surface area contributed by atoms with Gasteiger partial charge in [-0.25, -0.2) is 12.7 Å². The average molecular weight is 440 g/mol. The van der Waals surface area contributed by atoms with Gasteiger partial charge in [0.1, 0.15) is 12.4 Å². The van der Waals surface area contributed by atoms with Crippen LogP contribution < -0.4 is 9.64 Å². The van der Waals surface area contributed by atoms with Crippen LogP contribution in [0.15, 0.2) is 24.3 Å². The van der Waals surface area contributed by atoms with Gasteiger partial charge in [0.2, 0.25) is 15.9 Å². The number of benzene rings is 1. The number of hydrogen-bond donors (Lipinski definition) is 0. The lowest BCUT2D eigenvalue weighted by Gasteiger charge is -2.39. The van der Waals surface area contributed by atoms with Crippen molar-refractivity contribution in [3.63, 3.8) is 0 Å². The van der Waals surface area contributed by atoms with Crippen LogP contribution in [0, 0.1) is 5.92 Å². The number of carbonyl (C=O) groups excluding carboxylic acids is 1. The highest BCUT2D eigenvalue weighted by Gasteiger charge is 2.33. The third kappa shape index (κ3) is 5.44. The Morgan fingerprint density at radius 2 is 1.70 bits per heavy atom. The van der Waals surface area contributed by atoms with E-state index in [2.05, 4.69) is 4.90 Å². The highest BCUT2D eigenvalue weighted by Crippen LogP contribution is 2.29. The first kappa shape index (κ1) is 22.8. The molecule has 1 aromatic carbocycles. The Hall–Kier alpha value is -1.84. The number of hydrogen-bond acceptors (Lipinski definition) is 6. The third-order valence-electron chi connectivity index (χ3n) is 5.90. The van der Waals surface area contributed by atoms with Crippen molar-refractivity contribution in [1.82, 2.24) is 9.21 Å². The molecule has 9 heteroatoms. The second-order valence-electron chi connectivity index (χ2n) is 7.70. The SMILES string of the molecule is CCS(=O)(=O)N1CCC(C(=O)N2CCN(c3ccccc3OCCOC)CC2)CC1. The molecule has 3 rings (SSSR count). The summed E-state index contributed by atoms with van der Waals surface area (Å²) in [5.74, 6) is 1.03. The summed E-state index contributed by atoms with van der Waals surface area (Å²) in [6.07, 6.45) is 1.21. The van der Waals surface area contributed by atoms with Crippen molar-refractivity contribution >= 4 is 21.6 Å². The van der Waals surface area contributed by atoms with E-state index in [0.717, 1.165) is 24.5 Å². The van der Waals surface area contributed by atoms with E-state index < -0.39 is 10.0 Å². The van der Waals surface area contributed by atoms with E-state index in [1.807, 2.05) is 29.2 Å². The Labute approximate surface area is 179 Å². The van der Waals surface area contributed by atoms with Crippen molar-refractivity contribution in [2.75, 3.05) is 70.2 Å². The molecule has 1 amide bonds. The first-order chi connectivity index (χ1) is 14.5. The van der Waals surface area contributed by atoms with Crippen molar-refractivity contribution in [2.45, 2.75) is 19.8 Å². The molecular formula is C21H33N3O5S. The third-order valence-corrected chi connectivity index (χ3v) is 7.79. The minimum atomic E-state index is -3.16. The molecule has 1 aromatic rings.